The maximum atomic E-state index is 12.9. The third-order valence-electron chi connectivity index (χ3n) is 6.44. The van der Waals surface area contributed by atoms with E-state index >= 15 is 0 Å². The lowest BCUT2D eigenvalue weighted by atomic mass is 9.81. The molecule has 1 saturated carbocycles. The minimum Gasteiger partial charge on any atom is -0.454 e. The molecule has 1 aliphatic heterocycles. The summed E-state index contributed by atoms with van der Waals surface area (Å²) in [5.74, 6) is -2.01. The first-order chi connectivity index (χ1) is 15.7. The van der Waals surface area contributed by atoms with Crippen LogP contribution in [0.2, 0.25) is 0 Å². The van der Waals surface area contributed by atoms with Crippen molar-refractivity contribution >= 4 is 61.1 Å². The van der Waals surface area contributed by atoms with Crippen molar-refractivity contribution in [3.8, 4) is 0 Å². The van der Waals surface area contributed by atoms with Crippen molar-refractivity contribution in [2.45, 2.75) is 36.3 Å². The average Bonchev–Trinajstić information content (AvgIpc) is 3.03. The molecule has 2 amide bonds. The number of imide groups is 1. The number of nitrogens with zero attached hydrogens (tertiary/aromatic N) is 1. The van der Waals surface area contributed by atoms with Crippen LogP contribution >= 0.6 is 31.9 Å². The van der Waals surface area contributed by atoms with Crippen molar-refractivity contribution < 1.29 is 23.9 Å². The maximum Gasteiger partial charge on any atom is 0.338 e. The zero-order valence-electron chi connectivity index (χ0n) is 18.2. The van der Waals surface area contributed by atoms with E-state index in [-0.39, 0.29) is 51.3 Å². The Morgan fingerprint density at radius 1 is 0.879 bits per heavy atom. The number of amides is 2. The molecule has 0 bridgehead atoms. The zero-order valence-corrected chi connectivity index (χ0v) is 21.4. The number of hydrogen-bond donors (Lipinski definition) is 0. The Balaban J connectivity index is 1.41. The average molecular weight is 577 g/mol. The molecule has 4 rings (SSSR count). The standard InChI is InChI=1S/C25H23Br2NO5/c1-13-3-4-16(9-14(13)2)22(29)12-33-25(32)15-5-7-17(8-6-15)28-23(30)18-10-20(26)21(27)11-19(18)24(28)31/h3-9,18-21H,10-12H2,1-2H3/t18-,19+,20-,21-/m0/s1. The van der Waals surface area contributed by atoms with Crippen molar-refractivity contribution in [1.82, 2.24) is 0 Å². The fraction of sp³-hybridized carbons (Fsp3) is 0.360. The van der Waals surface area contributed by atoms with Crippen molar-refractivity contribution in [3.63, 3.8) is 0 Å². The summed E-state index contributed by atoms with van der Waals surface area (Å²) in [6.07, 6.45) is 1.20. The Bertz CT molecular complexity index is 1100. The summed E-state index contributed by atoms with van der Waals surface area (Å²) >= 11 is 7.16. The third-order valence-corrected chi connectivity index (χ3v) is 9.17. The molecule has 2 aliphatic rings. The van der Waals surface area contributed by atoms with Crippen molar-refractivity contribution in [2.75, 3.05) is 11.5 Å². The van der Waals surface area contributed by atoms with Crippen LogP contribution in [0, 0.1) is 25.7 Å². The molecule has 0 spiro atoms. The molecule has 2 aromatic rings. The lowest BCUT2D eigenvalue weighted by Crippen LogP contribution is -2.34. The topological polar surface area (TPSA) is 80.8 Å². The van der Waals surface area contributed by atoms with Gasteiger partial charge < -0.3 is 4.74 Å². The summed E-state index contributed by atoms with van der Waals surface area (Å²) < 4.78 is 5.18. The van der Waals surface area contributed by atoms with Gasteiger partial charge in [0.2, 0.25) is 11.8 Å². The molecule has 0 unspecified atom stereocenters. The van der Waals surface area contributed by atoms with E-state index < -0.39 is 5.97 Å². The molecule has 33 heavy (non-hydrogen) atoms. The van der Waals surface area contributed by atoms with Gasteiger partial charge in [0.05, 0.1) is 23.1 Å². The van der Waals surface area contributed by atoms with Crippen LogP contribution in [0.4, 0.5) is 5.69 Å². The molecule has 1 aliphatic carbocycles. The molecule has 8 heteroatoms. The fourth-order valence-electron chi connectivity index (χ4n) is 4.31. The highest BCUT2D eigenvalue weighted by molar-refractivity contribution is 9.12. The predicted molar refractivity (Wildman–Crippen MR) is 131 cm³/mol. The van der Waals surface area contributed by atoms with E-state index in [0.29, 0.717) is 24.1 Å². The molecule has 1 saturated heterocycles. The van der Waals surface area contributed by atoms with Gasteiger partial charge in [-0.15, -0.1) is 0 Å². The normalized spacial score (nSPS) is 24.5. The Kier molecular flexibility index (Phi) is 6.86. The van der Waals surface area contributed by atoms with Crippen LogP contribution < -0.4 is 4.90 Å². The minimum atomic E-state index is -0.643. The monoisotopic (exact) mass is 575 g/mol. The fourth-order valence-corrected chi connectivity index (χ4v) is 5.55. The number of anilines is 1. The van der Waals surface area contributed by atoms with Gasteiger partial charge in [0.15, 0.2) is 12.4 Å². The number of esters is 1. The van der Waals surface area contributed by atoms with Crippen LogP contribution in [-0.2, 0) is 14.3 Å². The molecule has 0 aromatic heterocycles. The molecule has 1 heterocycles. The van der Waals surface area contributed by atoms with Gasteiger partial charge in [-0.1, -0.05) is 44.0 Å². The molecular weight excluding hydrogens is 554 g/mol. The number of fused-ring (bicyclic) bond motifs is 1. The number of carbonyl (C=O) groups is 4. The smallest absolute Gasteiger partial charge is 0.338 e. The van der Waals surface area contributed by atoms with Crippen LogP contribution in [0.1, 0.15) is 44.7 Å². The number of benzene rings is 2. The van der Waals surface area contributed by atoms with Gasteiger partial charge in [-0.2, -0.15) is 0 Å². The van der Waals surface area contributed by atoms with E-state index in [1.54, 1.807) is 24.3 Å². The number of aryl methyl sites for hydroxylation is 2. The van der Waals surface area contributed by atoms with Gasteiger partial charge in [-0.25, -0.2) is 4.79 Å². The maximum absolute atomic E-state index is 12.9. The molecule has 6 nitrogen and oxygen atoms in total. The quantitative estimate of drug-likeness (QED) is 0.222. The molecule has 4 atom stereocenters. The van der Waals surface area contributed by atoms with E-state index in [1.807, 2.05) is 19.9 Å². The SMILES string of the molecule is Cc1ccc(C(=O)COC(=O)c2ccc(N3C(=O)[C@H]4C[C@H](Br)[C@@H](Br)C[C@H]4C3=O)cc2)cc1C. The van der Waals surface area contributed by atoms with Crippen molar-refractivity contribution in [2.24, 2.45) is 11.8 Å². The van der Waals surface area contributed by atoms with Crippen LogP contribution in [0.15, 0.2) is 42.5 Å². The first-order valence-electron chi connectivity index (χ1n) is 10.7. The van der Waals surface area contributed by atoms with Gasteiger partial charge in [0.1, 0.15) is 0 Å². The van der Waals surface area contributed by atoms with Gasteiger partial charge >= 0.3 is 5.97 Å². The molecule has 2 fully saturated rings. The Morgan fingerprint density at radius 3 is 1.97 bits per heavy atom. The van der Waals surface area contributed by atoms with E-state index in [9.17, 15) is 19.2 Å². The lowest BCUT2D eigenvalue weighted by molar-refractivity contribution is -0.122. The lowest BCUT2D eigenvalue weighted by Gasteiger charge is -2.29. The highest BCUT2D eigenvalue weighted by atomic mass is 79.9. The summed E-state index contributed by atoms with van der Waals surface area (Å²) in [4.78, 5) is 52.1. The second kappa shape index (κ2) is 9.50. The van der Waals surface area contributed by atoms with Crippen LogP contribution in [0.25, 0.3) is 0 Å². The second-order valence-corrected chi connectivity index (χ2v) is 10.9. The first kappa shape index (κ1) is 23.8. The van der Waals surface area contributed by atoms with E-state index in [0.717, 1.165) is 11.1 Å². The van der Waals surface area contributed by atoms with Crippen LogP contribution in [0.5, 0.6) is 0 Å². The number of rotatable bonds is 5. The number of ketones is 1. The molecular formula is C25H23Br2NO5. The number of halogens is 2. The Hall–Kier alpha value is -2.32. The second-order valence-electron chi connectivity index (χ2n) is 8.57. The summed E-state index contributed by atoms with van der Waals surface area (Å²) in [5, 5.41) is 0. The Labute approximate surface area is 208 Å². The van der Waals surface area contributed by atoms with Crippen molar-refractivity contribution in [1.29, 1.82) is 0 Å². The van der Waals surface area contributed by atoms with Gasteiger partial charge in [0, 0.05) is 15.2 Å². The van der Waals surface area contributed by atoms with E-state index in [1.165, 1.54) is 17.0 Å². The Morgan fingerprint density at radius 2 is 1.42 bits per heavy atom. The largest absolute Gasteiger partial charge is 0.454 e. The van der Waals surface area contributed by atoms with Crippen molar-refractivity contribution in [3.05, 3.63) is 64.7 Å². The molecule has 0 N–H and O–H groups in total. The highest BCUT2D eigenvalue weighted by Crippen LogP contribution is 2.44. The zero-order chi connectivity index (χ0) is 23.9. The van der Waals surface area contributed by atoms with Gasteiger partial charge in [0.25, 0.3) is 0 Å². The molecule has 172 valence electrons. The highest BCUT2D eigenvalue weighted by Gasteiger charge is 2.52. The van der Waals surface area contributed by atoms with E-state index in [4.69, 9.17) is 4.74 Å². The number of carbonyl (C=O) groups excluding carboxylic acids is 4. The molecule has 0 radical (unpaired) electrons. The summed E-state index contributed by atoms with van der Waals surface area (Å²) in [7, 11) is 0. The summed E-state index contributed by atoms with van der Waals surface area (Å²) in [6.45, 7) is 3.51. The first-order valence-corrected chi connectivity index (χ1v) is 12.5. The number of alkyl halides is 2. The number of Topliss-reactive ketones (excluding diaryl/α,β-unsaturated/α-hetero) is 1. The minimum absolute atomic E-state index is 0.138. The summed E-state index contributed by atoms with van der Waals surface area (Å²) in [5.41, 5.74) is 3.23. The van der Waals surface area contributed by atoms with E-state index in [2.05, 4.69) is 31.9 Å². The van der Waals surface area contributed by atoms with Crippen LogP contribution in [0.3, 0.4) is 0 Å². The predicted octanol–water partition coefficient (Wildman–Crippen LogP) is 4.77. The number of ether oxygens (including phenoxy) is 1. The molecule has 2 aromatic carbocycles. The number of hydrogen-bond acceptors (Lipinski definition) is 5. The third kappa shape index (κ3) is 4.68. The van der Waals surface area contributed by atoms with Crippen LogP contribution in [-0.4, -0.2) is 39.8 Å². The van der Waals surface area contributed by atoms with Gasteiger partial charge in [-0.05, 0) is 68.1 Å². The van der Waals surface area contributed by atoms with Gasteiger partial charge in [-0.3, -0.25) is 19.3 Å². The summed E-state index contributed by atoms with van der Waals surface area (Å²) in [6, 6.07) is 11.5.